The first kappa shape index (κ1) is 23.1. The molecule has 4 aliphatic carbocycles. The third kappa shape index (κ3) is 2.68. The van der Waals surface area contributed by atoms with Crippen molar-refractivity contribution in [2.24, 2.45) is 28.6 Å². The van der Waals surface area contributed by atoms with E-state index in [9.17, 15) is 24.6 Å². The smallest absolute Gasteiger partial charge is 0.438 e. The summed E-state index contributed by atoms with van der Waals surface area (Å²) in [4.78, 5) is 36.4. The first-order chi connectivity index (χ1) is 14.9. The van der Waals surface area contributed by atoms with Crippen LogP contribution >= 0.6 is 0 Å². The molecule has 0 amide bonds. The van der Waals surface area contributed by atoms with Crippen molar-refractivity contribution in [2.75, 3.05) is 13.7 Å². The number of Topliss-reactive ketones (excluding diaryl/α,β-unsaturated/α-hetero) is 1. The number of methoxy groups -OCH3 is 1. The molecular weight excluding hydrogens is 419 g/mol. The Kier molecular flexibility index (Phi) is 5.21. The van der Waals surface area contributed by atoms with Gasteiger partial charge in [-0.25, -0.2) is 9.18 Å². The minimum absolute atomic E-state index is 0.125. The third-order valence-corrected chi connectivity index (χ3v) is 9.14. The third-order valence-electron chi connectivity index (χ3n) is 9.14. The van der Waals surface area contributed by atoms with E-state index < -0.39 is 58.6 Å². The predicted octanol–water partition coefficient (Wildman–Crippen LogP) is 2.69. The Morgan fingerprint density at radius 2 is 1.97 bits per heavy atom. The van der Waals surface area contributed by atoms with Crippen LogP contribution in [-0.4, -0.2) is 59.0 Å². The zero-order valence-electron chi connectivity index (χ0n) is 18.9. The first-order valence-electron chi connectivity index (χ1n) is 11.1. The normalized spacial score (nSPS) is 47.1. The van der Waals surface area contributed by atoms with Crippen LogP contribution in [0.25, 0.3) is 0 Å². The summed E-state index contributed by atoms with van der Waals surface area (Å²) in [6.45, 7) is 4.53. The zero-order valence-corrected chi connectivity index (χ0v) is 18.9. The minimum atomic E-state index is -2.03. The summed E-state index contributed by atoms with van der Waals surface area (Å²) in [6, 6.07) is 0. The van der Waals surface area contributed by atoms with Crippen LogP contribution in [0.15, 0.2) is 23.8 Å². The molecule has 0 aromatic carbocycles. The van der Waals surface area contributed by atoms with E-state index in [1.165, 1.54) is 12.2 Å². The molecule has 8 atom stereocenters. The van der Waals surface area contributed by atoms with Crippen molar-refractivity contribution in [3.8, 4) is 0 Å². The lowest BCUT2D eigenvalue weighted by Gasteiger charge is -2.62. The Morgan fingerprint density at radius 1 is 1.28 bits per heavy atom. The maximum atomic E-state index is 17.0. The lowest BCUT2D eigenvalue weighted by molar-refractivity contribution is -0.219. The number of rotatable bonds is 3. The number of carbonyl (C=O) groups excluding carboxylic acids is 3. The largest absolute Gasteiger partial charge is 0.508 e. The van der Waals surface area contributed by atoms with Gasteiger partial charge in [-0.3, -0.25) is 9.59 Å². The van der Waals surface area contributed by atoms with Crippen molar-refractivity contribution in [1.29, 1.82) is 0 Å². The number of ether oxygens (including phenoxy) is 2. The molecule has 0 aromatic heterocycles. The molecule has 7 nitrogen and oxygen atoms in total. The molecule has 0 spiro atoms. The van der Waals surface area contributed by atoms with Gasteiger partial charge >= 0.3 is 6.16 Å². The van der Waals surface area contributed by atoms with Crippen LogP contribution in [0.2, 0.25) is 0 Å². The average molecular weight is 451 g/mol. The second-order valence-corrected chi connectivity index (χ2v) is 10.3. The highest BCUT2D eigenvalue weighted by Gasteiger charge is 2.75. The van der Waals surface area contributed by atoms with Crippen LogP contribution in [-0.2, 0) is 19.1 Å². The fourth-order valence-corrected chi connectivity index (χ4v) is 7.43. The topological polar surface area (TPSA) is 110 Å². The van der Waals surface area contributed by atoms with Gasteiger partial charge < -0.3 is 19.7 Å². The Balaban J connectivity index is 1.73. The van der Waals surface area contributed by atoms with Gasteiger partial charge in [0.2, 0.25) is 5.78 Å². The number of ketones is 2. The van der Waals surface area contributed by atoms with E-state index in [0.717, 1.165) is 7.11 Å². The molecule has 2 unspecified atom stereocenters. The van der Waals surface area contributed by atoms with Gasteiger partial charge in [0.15, 0.2) is 18.1 Å². The quantitative estimate of drug-likeness (QED) is 0.636. The molecule has 8 heteroatoms. The molecule has 4 aliphatic rings. The minimum Gasteiger partial charge on any atom is -0.438 e. The summed E-state index contributed by atoms with van der Waals surface area (Å²) < 4.78 is 26.2. The number of allylic oxidation sites excluding steroid dienone is 4. The van der Waals surface area contributed by atoms with E-state index >= 15 is 4.39 Å². The molecule has 0 bridgehead atoms. The summed E-state index contributed by atoms with van der Waals surface area (Å²) in [5.74, 6) is -2.36. The highest BCUT2D eigenvalue weighted by atomic mass is 19.1. The molecule has 0 radical (unpaired) electrons. The second-order valence-electron chi connectivity index (χ2n) is 10.3. The number of aliphatic hydroxyl groups excluding tert-OH is 1. The van der Waals surface area contributed by atoms with Crippen molar-refractivity contribution in [1.82, 2.24) is 0 Å². The maximum Gasteiger partial charge on any atom is 0.508 e. The van der Waals surface area contributed by atoms with E-state index in [4.69, 9.17) is 4.74 Å². The van der Waals surface area contributed by atoms with E-state index in [1.807, 2.05) is 0 Å². The molecule has 32 heavy (non-hydrogen) atoms. The van der Waals surface area contributed by atoms with Crippen LogP contribution < -0.4 is 0 Å². The Labute approximate surface area is 186 Å². The summed E-state index contributed by atoms with van der Waals surface area (Å²) in [6.07, 6.45) is 3.11. The number of hydrogen-bond donors (Lipinski definition) is 2. The number of hydrogen-bond acceptors (Lipinski definition) is 7. The zero-order chi connectivity index (χ0) is 23.7. The Morgan fingerprint density at radius 3 is 2.62 bits per heavy atom. The molecule has 0 saturated heterocycles. The summed E-state index contributed by atoms with van der Waals surface area (Å²) >= 11 is 0. The molecular formula is C24H31FO7. The van der Waals surface area contributed by atoms with E-state index in [0.29, 0.717) is 24.8 Å². The molecule has 0 aliphatic heterocycles. The summed E-state index contributed by atoms with van der Waals surface area (Å²) in [5, 5.41) is 23.0. The van der Waals surface area contributed by atoms with Gasteiger partial charge in [0.1, 0.15) is 5.60 Å². The van der Waals surface area contributed by atoms with Crippen LogP contribution in [0.5, 0.6) is 0 Å². The fourth-order valence-electron chi connectivity index (χ4n) is 7.43. The van der Waals surface area contributed by atoms with Crippen LogP contribution in [0.3, 0.4) is 0 Å². The first-order valence-corrected chi connectivity index (χ1v) is 11.1. The molecule has 3 saturated carbocycles. The van der Waals surface area contributed by atoms with E-state index in [-0.39, 0.29) is 18.1 Å². The van der Waals surface area contributed by atoms with Gasteiger partial charge in [-0.15, -0.1) is 0 Å². The highest BCUT2D eigenvalue weighted by Crippen LogP contribution is 2.70. The lowest BCUT2D eigenvalue weighted by Crippen LogP contribution is -2.69. The Hall–Kier alpha value is -2.06. The Bertz CT molecular complexity index is 927. The summed E-state index contributed by atoms with van der Waals surface area (Å²) in [7, 11) is 1.12. The second kappa shape index (κ2) is 7.22. The number of carbonyl (C=O) groups is 3. The SMILES string of the molecule is COC(=O)OCC(=O)[C@@]1(O)[C@H](C)CC2C3CCC4=CC(=O)C=C[C@]4(C)[C@@]3(F)[C@@H](O)C[C@@]21C. The van der Waals surface area contributed by atoms with Crippen molar-refractivity contribution < 1.29 is 38.5 Å². The van der Waals surface area contributed by atoms with Gasteiger partial charge in [-0.2, -0.15) is 0 Å². The number of aliphatic hydroxyl groups is 2. The van der Waals surface area contributed by atoms with E-state index in [2.05, 4.69) is 4.74 Å². The fraction of sp³-hybridized carbons (Fsp3) is 0.708. The summed E-state index contributed by atoms with van der Waals surface area (Å²) in [5.41, 5.74) is -5.48. The molecule has 0 heterocycles. The van der Waals surface area contributed by atoms with Crippen molar-refractivity contribution in [3.63, 3.8) is 0 Å². The van der Waals surface area contributed by atoms with Gasteiger partial charge in [-0.05, 0) is 56.6 Å². The average Bonchev–Trinajstić information content (AvgIpc) is 2.94. The van der Waals surface area contributed by atoms with Gasteiger partial charge in [0.05, 0.1) is 13.2 Å². The number of halogens is 1. The molecule has 4 rings (SSSR count). The van der Waals surface area contributed by atoms with Crippen LogP contribution in [0.1, 0.15) is 46.5 Å². The lowest BCUT2D eigenvalue weighted by atomic mass is 9.44. The van der Waals surface area contributed by atoms with Crippen LogP contribution in [0.4, 0.5) is 9.18 Å². The van der Waals surface area contributed by atoms with Crippen molar-refractivity contribution >= 4 is 17.7 Å². The van der Waals surface area contributed by atoms with Crippen molar-refractivity contribution in [3.05, 3.63) is 23.8 Å². The molecule has 176 valence electrons. The molecule has 0 aromatic rings. The number of alkyl halides is 1. The van der Waals surface area contributed by atoms with Crippen LogP contribution in [0, 0.1) is 28.6 Å². The standard InChI is InChI=1S/C24H31FO7/c1-13-9-17-16-6-5-14-10-15(26)7-8-21(14,2)23(16,25)18(27)11-22(17,3)24(13,30)19(28)12-32-20(29)31-4/h7-8,10,13,16-18,27,30H,5-6,9,11-12H2,1-4H3/t13-,16?,17?,18+,21+,22+,23+,24+/m1/s1. The van der Waals surface area contributed by atoms with E-state index in [1.54, 1.807) is 26.8 Å². The van der Waals surface area contributed by atoms with Crippen molar-refractivity contribution in [2.45, 2.75) is 63.8 Å². The number of fused-ring (bicyclic) bond motifs is 5. The van der Waals surface area contributed by atoms with Gasteiger partial charge in [0.25, 0.3) is 0 Å². The van der Waals surface area contributed by atoms with Gasteiger partial charge in [0, 0.05) is 16.7 Å². The molecule has 2 N–H and O–H groups in total. The maximum absolute atomic E-state index is 17.0. The predicted molar refractivity (Wildman–Crippen MR) is 111 cm³/mol. The monoisotopic (exact) mass is 450 g/mol. The van der Waals surface area contributed by atoms with Gasteiger partial charge in [-0.1, -0.05) is 25.5 Å². The highest BCUT2D eigenvalue weighted by molar-refractivity contribution is 6.01. The molecule has 3 fully saturated rings.